The van der Waals surface area contributed by atoms with Gasteiger partial charge in [0.15, 0.2) is 10.9 Å². The third-order valence-corrected chi connectivity index (χ3v) is 4.68. The summed E-state index contributed by atoms with van der Waals surface area (Å²) >= 11 is 5.25. The first-order valence-corrected chi connectivity index (χ1v) is 9.11. The van der Waals surface area contributed by atoms with Crippen LogP contribution >= 0.6 is 12.2 Å². The van der Waals surface area contributed by atoms with Crippen LogP contribution in [0.5, 0.6) is 0 Å². The Hall–Kier alpha value is -2.92. The maximum atomic E-state index is 12.4. The zero-order valence-electron chi connectivity index (χ0n) is 15.8. The number of furan rings is 1. The molecule has 0 aliphatic carbocycles. The lowest BCUT2D eigenvalue weighted by atomic mass is 10.1. The van der Waals surface area contributed by atoms with Gasteiger partial charge in [0.2, 0.25) is 0 Å². The number of amides is 1. The molecule has 0 bridgehead atoms. The lowest BCUT2D eigenvalue weighted by Gasteiger charge is -2.11. The smallest absolute Gasteiger partial charge is 0.293 e. The third-order valence-electron chi connectivity index (χ3n) is 4.48. The van der Waals surface area contributed by atoms with Crippen LogP contribution in [0.25, 0.3) is 11.3 Å². The lowest BCUT2D eigenvalue weighted by molar-refractivity contribution is 0.0951. The predicted molar refractivity (Wildman–Crippen MR) is 113 cm³/mol. The molecule has 0 radical (unpaired) electrons. The number of thiocarbonyl (C=S) groups is 1. The Balaban J connectivity index is 1.68. The summed E-state index contributed by atoms with van der Waals surface area (Å²) in [7, 11) is 0. The highest BCUT2D eigenvalue weighted by Crippen LogP contribution is 2.24. The molecule has 1 heterocycles. The summed E-state index contributed by atoms with van der Waals surface area (Å²) in [6, 6.07) is 15.5. The van der Waals surface area contributed by atoms with Gasteiger partial charge >= 0.3 is 0 Å². The molecule has 0 aliphatic rings. The molecule has 0 fully saturated rings. The number of nitrogens with one attached hydrogen (secondary N) is 2. The molecule has 0 spiro atoms. The number of carbonyl (C=O) groups is 1. The zero-order chi connectivity index (χ0) is 19.6. The maximum Gasteiger partial charge on any atom is 0.293 e. The molecule has 0 unspecified atom stereocenters. The van der Waals surface area contributed by atoms with Crippen molar-refractivity contribution < 1.29 is 9.21 Å². The molecule has 4 nitrogen and oxygen atoms in total. The second-order valence-corrected chi connectivity index (χ2v) is 7.10. The van der Waals surface area contributed by atoms with E-state index in [1.807, 2.05) is 51.1 Å². The van der Waals surface area contributed by atoms with Crippen molar-refractivity contribution in [3.63, 3.8) is 0 Å². The van der Waals surface area contributed by atoms with Crippen LogP contribution in [0, 0.1) is 27.7 Å². The minimum absolute atomic E-state index is 0.216. The fraction of sp³-hybridized carbons (Fsp3) is 0.182. The zero-order valence-corrected chi connectivity index (χ0v) is 16.7. The van der Waals surface area contributed by atoms with Gasteiger partial charge in [0.1, 0.15) is 5.76 Å². The van der Waals surface area contributed by atoms with Crippen molar-refractivity contribution in [2.75, 3.05) is 5.32 Å². The quantitative estimate of drug-likeness (QED) is 0.607. The molecule has 3 aromatic rings. The van der Waals surface area contributed by atoms with E-state index in [4.69, 9.17) is 16.6 Å². The molecule has 2 N–H and O–H groups in total. The minimum atomic E-state index is -0.382. The molecule has 1 aromatic heterocycles. The van der Waals surface area contributed by atoms with Crippen LogP contribution in [-0.4, -0.2) is 11.0 Å². The fourth-order valence-electron chi connectivity index (χ4n) is 2.78. The third kappa shape index (κ3) is 4.44. The van der Waals surface area contributed by atoms with Crippen molar-refractivity contribution >= 4 is 28.9 Å². The van der Waals surface area contributed by atoms with Crippen LogP contribution in [-0.2, 0) is 0 Å². The highest BCUT2D eigenvalue weighted by atomic mass is 32.1. The Morgan fingerprint density at radius 2 is 1.67 bits per heavy atom. The van der Waals surface area contributed by atoms with Gasteiger partial charge in [0.05, 0.1) is 0 Å². The molecule has 0 saturated heterocycles. The number of carbonyl (C=O) groups excluding carboxylic acids is 1. The second-order valence-electron chi connectivity index (χ2n) is 6.69. The standard InChI is InChI=1S/C22H22N2O2S/c1-13-5-8-18(16(4)11-13)23-22(27)24-21(25)20-10-9-19(26-20)17-7-6-14(2)15(3)12-17/h5-12H,1-4H3,(H2,23,24,25,27). The number of hydrogen-bond acceptors (Lipinski definition) is 3. The average molecular weight is 378 g/mol. The highest BCUT2D eigenvalue weighted by molar-refractivity contribution is 7.80. The Morgan fingerprint density at radius 1 is 0.889 bits per heavy atom. The second kappa shape index (κ2) is 7.76. The highest BCUT2D eigenvalue weighted by Gasteiger charge is 2.14. The molecule has 1 amide bonds. The normalized spacial score (nSPS) is 10.5. The molecule has 0 saturated carbocycles. The summed E-state index contributed by atoms with van der Waals surface area (Å²) in [5.41, 5.74) is 6.42. The van der Waals surface area contributed by atoms with Gasteiger partial charge < -0.3 is 9.73 Å². The van der Waals surface area contributed by atoms with Gasteiger partial charge in [-0.25, -0.2) is 0 Å². The van der Waals surface area contributed by atoms with Gasteiger partial charge in [0, 0.05) is 11.3 Å². The van der Waals surface area contributed by atoms with E-state index in [1.54, 1.807) is 12.1 Å². The van der Waals surface area contributed by atoms with Crippen molar-refractivity contribution in [3.8, 4) is 11.3 Å². The van der Waals surface area contributed by atoms with Crippen LogP contribution in [0.3, 0.4) is 0 Å². The van der Waals surface area contributed by atoms with Gasteiger partial charge in [-0.3, -0.25) is 10.1 Å². The van der Waals surface area contributed by atoms with E-state index in [-0.39, 0.29) is 16.8 Å². The lowest BCUT2D eigenvalue weighted by Crippen LogP contribution is -2.34. The van der Waals surface area contributed by atoms with Crippen LogP contribution in [0.15, 0.2) is 52.9 Å². The first-order valence-electron chi connectivity index (χ1n) is 8.70. The summed E-state index contributed by atoms with van der Waals surface area (Å²) in [6.45, 7) is 8.12. The number of benzene rings is 2. The van der Waals surface area contributed by atoms with Crippen LogP contribution in [0.2, 0.25) is 0 Å². The van der Waals surface area contributed by atoms with E-state index in [0.717, 1.165) is 16.8 Å². The number of hydrogen-bond donors (Lipinski definition) is 2. The summed E-state index contributed by atoms with van der Waals surface area (Å²) < 4.78 is 5.72. The Kier molecular flexibility index (Phi) is 5.42. The van der Waals surface area contributed by atoms with E-state index in [1.165, 1.54) is 16.7 Å². The van der Waals surface area contributed by atoms with E-state index in [2.05, 4.69) is 23.6 Å². The first-order chi connectivity index (χ1) is 12.8. The molecule has 3 rings (SSSR count). The number of anilines is 1. The number of aryl methyl sites for hydroxylation is 4. The van der Waals surface area contributed by atoms with Crippen molar-refractivity contribution in [1.82, 2.24) is 5.32 Å². The van der Waals surface area contributed by atoms with Crippen molar-refractivity contribution in [1.29, 1.82) is 0 Å². The SMILES string of the molecule is Cc1ccc(NC(=S)NC(=O)c2ccc(-c3ccc(C)c(C)c3)o2)c(C)c1. The Labute approximate surface area is 164 Å². The van der Waals surface area contributed by atoms with Crippen LogP contribution < -0.4 is 10.6 Å². The van der Waals surface area contributed by atoms with Crippen LogP contribution in [0.4, 0.5) is 5.69 Å². The molecular weight excluding hydrogens is 356 g/mol. The van der Waals surface area contributed by atoms with Crippen LogP contribution in [0.1, 0.15) is 32.8 Å². The molecule has 2 aromatic carbocycles. The molecule has 5 heteroatoms. The van der Waals surface area contributed by atoms with E-state index < -0.39 is 0 Å². The van der Waals surface area contributed by atoms with Crippen molar-refractivity contribution in [2.24, 2.45) is 0 Å². The number of rotatable bonds is 3. The van der Waals surface area contributed by atoms with Gasteiger partial charge in [-0.2, -0.15) is 0 Å². The van der Waals surface area contributed by atoms with Crippen molar-refractivity contribution in [3.05, 3.63) is 76.5 Å². The van der Waals surface area contributed by atoms with E-state index in [0.29, 0.717) is 5.76 Å². The Morgan fingerprint density at radius 3 is 2.37 bits per heavy atom. The average Bonchev–Trinajstić information content (AvgIpc) is 3.10. The molecule has 0 atom stereocenters. The van der Waals surface area contributed by atoms with Gasteiger partial charge in [-0.05, 0) is 80.9 Å². The summed E-state index contributed by atoms with van der Waals surface area (Å²) in [5.74, 6) is 0.483. The summed E-state index contributed by atoms with van der Waals surface area (Å²) in [5, 5.41) is 5.94. The molecular formula is C22H22N2O2S. The summed E-state index contributed by atoms with van der Waals surface area (Å²) in [6.07, 6.45) is 0. The van der Waals surface area contributed by atoms with Gasteiger partial charge in [-0.15, -0.1) is 0 Å². The molecule has 138 valence electrons. The summed E-state index contributed by atoms with van der Waals surface area (Å²) in [4.78, 5) is 12.4. The van der Waals surface area contributed by atoms with Crippen molar-refractivity contribution in [2.45, 2.75) is 27.7 Å². The van der Waals surface area contributed by atoms with Gasteiger partial charge in [-0.1, -0.05) is 29.8 Å². The van der Waals surface area contributed by atoms with E-state index >= 15 is 0 Å². The molecule has 27 heavy (non-hydrogen) atoms. The molecule has 0 aliphatic heterocycles. The minimum Gasteiger partial charge on any atom is -0.451 e. The fourth-order valence-corrected chi connectivity index (χ4v) is 2.98. The largest absolute Gasteiger partial charge is 0.451 e. The Bertz CT molecular complexity index is 1020. The predicted octanol–water partition coefficient (Wildman–Crippen LogP) is 5.31. The topological polar surface area (TPSA) is 54.3 Å². The monoisotopic (exact) mass is 378 g/mol. The maximum absolute atomic E-state index is 12.4. The van der Waals surface area contributed by atoms with Gasteiger partial charge in [0.25, 0.3) is 5.91 Å². The first kappa shape index (κ1) is 18.9. The van der Waals surface area contributed by atoms with E-state index in [9.17, 15) is 4.79 Å².